The Balaban J connectivity index is 0.00000220. The van der Waals surface area contributed by atoms with Crippen LogP contribution in [0.25, 0.3) is 0 Å². The van der Waals surface area contributed by atoms with E-state index in [-0.39, 0.29) is 24.6 Å². The highest BCUT2D eigenvalue weighted by Gasteiger charge is 2.20. The molecular formula is C13H16ClF3N2O2. The number of hydrogen-bond donors (Lipinski definition) is 2. The van der Waals surface area contributed by atoms with Crippen molar-refractivity contribution < 1.29 is 22.7 Å². The molecule has 0 aliphatic heterocycles. The van der Waals surface area contributed by atoms with E-state index < -0.39 is 24.1 Å². The van der Waals surface area contributed by atoms with E-state index in [0.29, 0.717) is 5.92 Å². The average Bonchev–Trinajstić information content (AvgIpc) is 3.16. The number of carbonyl (C=O) groups is 1. The standard InChI is InChI=1S/C13H15F3N2O2.ClH/c14-9-3-4-10(11(5-9)20-13(15)16)18-12(19)7-17-6-8-1-2-8;/h3-5,8,13,17H,1-2,6-7H2,(H,18,19);1H. The SMILES string of the molecule is Cl.O=C(CNCC1CC1)Nc1ccc(F)cc1OC(F)F. The Kier molecular flexibility index (Phi) is 6.77. The van der Waals surface area contributed by atoms with Crippen LogP contribution in [0, 0.1) is 11.7 Å². The summed E-state index contributed by atoms with van der Waals surface area (Å²) >= 11 is 0. The maximum absolute atomic E-state index is 13.0. The van der Waals surface area contributed by atoms with E-state index in [1.165, 1.54) is 18.9 Å². The first kappa shape index (κ1) is 17.6. The zero-order valence-corrected chi connectivity index (χ0v) is 11.9. The van der Waals surface area contributed by atoms with Crippen molar-refractivity contribution in [2.75, 3.05) is 18.4 Å². The van der Waals surface area contributed by atoms with Crippen molar-refractivity contribution in [2.45, 2.75) is 19.5 Å². The Hall–Kier alpha value is -1.47. The van der Waals surface area contributed by atoms with Crippen LogP contribution in [-0.4, -0.2) is 25.6 Å². The summed E-state index contributed by atoms with van der Waals surface area (Å²) in [5, 5.41) is 5.37. The second-order valence-corrected chi connectivity index (χ2v) is 4.64. The minimum atomic E-state index is -3.08. The Morgan fingerprint density at radius 1 is 1.38 bits per heavy atom. The summed E-state index contributed by atoms with van der Waals surface area (Å²) in [7, 11) is 0. The summed E-state index contributed by atoms with van der Waals surface area (Å²) < 4.78 is 41.6. The molecule has 1 aliphatic carbocycles. The van der Waals surface area contributed by atoms with Crippen LogP contribution in [0.5, 0.6) is 5.75 Å². The Morgan fingerprint density at radius 2 is 2.10 bits per heavy atom. The maximum atomic E-state index is 13.0. The molecule has 0 atom stereocenters. The molecule has 0 spiro atoms. The van der Waals surface area contributed by atoms with Crippen LogP contribution in [0.2, 0.25) is 0 Å². The van der Waals surface area contributed by atoms with Gasteiger partial charge in [-0.1, -0.05) is 0 Å². The van der Waals surface area contributed by atoms with Crippen LogP contribution in [0.4, 0.5) is 18.9 Å². The van der Waals surface area contributed by atoms with Crippen molar-refractivity contribution in [1.82, 2.24) is 5.32 Å². The van der Waals surface area contributed by atoms with Gasteiger partial charge in [-0.2, -0.15) is 8.78 Å². The molecule has 21 heavy (non-hydrogen) atoms. The second-order valence-electron chi connectivity index (χ2n) is 4.64. The van der Waals surface area contributed by atoms with Crippen LogP contribution in [0.15, 0.2) is 18.2 Å². The first-order chi connectivity index (χ1) is 9.54. The molecule has 4 nitrogen and oxygen atoms in total. The van der Waals surface area contributed by atoms with Gasteiger partial charge in [-0.25, -0.2) is 4.39 Å². The van der Waals surface area contributed by atoms with Crippen molar-refractivity contribution >= 4 is 24.0 Å². The van der Waals surface area contributed by atoms with E-state index in [1.54, 1.807) is 0 Å². The molecule has 1 aromatic carbocycles. The number of benzene rings is 1. The first-order valence-corrected chi connectivity index (χ1v) is 6.29. The first-order valence-electron chi connectivity index (χ1n) is 6.29. The minimum Gasteiger partial charge on any atom is -0.432 e. The highest BCUT2D eigenvalue weighted by molar-refractivity contribution is 5.93. The van der Waals surface area contributed by atoms with Crippen LogP contribution in [0.3, 0.4) is 0 Å². The molecule has 1 amide bonds. The van der Waals surface area contributed by atoms with Crippen LogP contribution < -0.4 is 15.4 Å². The maximum Gasteiger partial charge on any atom is 0.387 e. The van der Waals surface area contributed by atoms with Gasteiger partial charge in [0.1, 0.15) is 5.82 Å². The van der Waals surface area contributed by atoms with Gasteiger partial charge in [0.15, 0.2) is 5.75 Å². The molecule has 0 saturated heterocycles. The minimum absolute atomic E-state index is 0. The van der Waals surface area contributed by atoms with Gasteiger partial charge in [0, 0.05) is 6.07 Å². The molecule has 0 unspecified atom stereocenters. The monoisotopic (exact) mass is 324 g/mol. The molecule has 0 aromatic heterocycles. The van der Waals surface area contributed by atoms with Crippen LogP contribution in [-0.2, 0) is 4.79 Å². The number of carbonyl (C=O) groups excluding carboxylic acids is 1. The average molecular weight is 325 g/mol. The van der Waals surface area contributed by atoms with Gasteiger partial charge in [-0.05, 0) is 37.4 Å². The number of amides is 1. The van der Waals surface area contributed by atoms with Gasteiger partial charge in [-0.15, -0.1) is 12.4 Å². The smallest absolute Gasteiger partial charge is 0.387 e. The summed E-state index contributed by atoms with van der Waals surface area (Å²) in [6, 6.07) is 3.05. The number of alkyl halides is 2. The van der Waals surface area contributed by atoms with E-state index in [9.17, 15) is 18.0 Å². The van der Waals surface area contributed by atoms with Gasteiger partial charge >= 0.3 is 6.61 Å². The summed E-state index contributed by atoms with van der Waals surface area (Å²) in [5.41, 5.74) is 0.0184. The van der Waals surface area contributed by atoms with E-state index in [4.69, 9.17) is 0 Å². The third-order valence-corrected chi connectivity index (χ3v) is 2.85. The molecular weight excluding hydrogens is 309 g/mol. The third kappa shape index (κ3) is 6.22. The second kappa shape index (κ2) is 8.09. The van der Waals surface area contributed by atoms with Gasteiger partial charge in [-0.3, -0.25) is 4.79 Å². The van der Waals surface area contributed by atoms with Gasteiger partial charge in [0.25, 0.3) is 0 Å². The largest absolute Gasteiger partial charge is 0.432 e. The molecule has 8 heteroatoms. The summed E-state index contributed by atoms with van der Waals surface area (Å²) in [6.07, 6.45) is 2.33. The number of hydrogen-bond acceptors (Lipinski definition) is 3. The van der Waals surface area contributed by atoms with Crippen molar-refractivity contribution in [3.63, 3.8) is 0 Å². The fraction of sp³-hybridized carbons (Fsp3) is 0.462. The molecule has 1 fully saturated rings. The highest BCUT2D eigenvalue weighted by atomic mass is 35.5. The number of halogens is 4. The summed E-state index contributed by atoms with van der Waals surface area (Å²) in [6.45, 7) is -2.25. The van der Waals surface area contributed by atoms with E-state index in [0.717, 1.165) is 18.7 Å². The Labute approximate surface area is 126 Å². The zero-order valence-electron chi connectivity index (χ0n) is 11.1. The predicted octanol–water partition coefficient (Wildman–Crippen LogP) is 2.79. The number of nitrogens with one attached hydrogen (secondary N) is 2. The van der Waals surface area contributed by atoms with E-state index in [1.807, 2.05) is 0 Å². The van der Waals surface area contributed by atoms with Crippen LogP contribution in [0.1, 0.15) is 12.8 Å². The molecule has 2 rings (SSSR count). The lowest BCUT2D eigenvalue weighted by atomic mass is 10.2. The molecule has 0 radical (unpaired) electrons. The Bertz CT molecular complexity index is 484. The van der Waals surface area contributed by atoms with E-state index >= 15 is 0 Å². The van der Waals surface area contributed by atoms with Crippen LogP contribution >= 0.6 is 12.4 Å². The molecule has 118 valence electrons. The molecule has 2 N–H and O–H groups in total. The molecule has 0 heterocycles. The van der Waals surface area contributed by atoms with Gasteiger partial charge in [0.05, 0.1) is 12.2 Å². The predicted molar refractivity (Wildman–Crippen MR) is 74.5 cm³/mol. The lowest BCUT2D eigenvalue weighted by molar-refractivity contribution is -0.115. The molecule has 1 saturated carbocycles. The normalized spacial score (nSPS) is 13.7. The fourth-order valence-corrected chi connectivity index (χ4v) is 1.70. The fourth-order valence-electron chi connectivity index (χ4n) is 1.70. The third-order valence-electron chi connectivity index (χ3n) is 2.85. The van der Waals surface area contributed by atoms with Crippen molar-refractivity contribution in [3.8, 4) is 5.75 Å². The molecule has 0 bridgehead atoms. The summed E-state index contributed by atoms with van der Waals surface area (Å²) in [5.74, 6) is -0.872. The number of rotatable bonds is 7. The lowest BCUT2D eigenvalue weighted by Gasteiger charge is -2.12. The molecule has 1 aliphatic rings. The highest BCUT2D eigenvalue weighted by Crippen LogP contribution is 2.28. The van der Waals surface area contributed by atoms with Crippen molar-refractivity contribution in [3.05, 3.63) is 24.0 Å². The lowest BCUT2D eigenvalue weighted by Crippen LogP contribution is -2.29. The Morgan fingerprint density at radius 3 is 2.71 bits per heavy atom. The van der Waals surface area contributed by atoms with Gasteiger partial charge < -0.3 is 15.4 Å². The van der Waals surface area contributed by atoms with Crippen molar-refractivity contribution in [2.24, 2.45) is 5.92 Å². The summed E-state index contributed by atoms with van der Waals surface area (Å²) in [4.78, 5) is 11.6. The van der Waals surface area contributed by atoms with E-state index in [2.05, 4.69) is 15.4 Å². The van der Waals surface area contributed by atoms with Crippen molar-refractivity contribution in [1.29, 1.82) is 0 Å². The number of ether oxygens (including phenoxy) is 1. The molecule has 1 aromatic rings. The topological polar surface area (TPSA) is 50.4 Å². The zero-order chi connectivity index (χ0) is 14.5. The van der Waals surface area contributed by atoms with Gasteiger partial charge in [0.2, 0.25) is 5.91 Å². The quantitative estimate of drug-likeness (QED) is 0.811. The number of anilines is 1.